The number of nitrogens with one attached hydrogen (secondary N) is 1. The summed E-state index contributed by atoms with van der Waals surface area (Å²) >= 11 is 0. The maximum atomic E-state index is 12.3. The quantitative estimate of drug-likeness (QED) is 0.463. The van der Waals surface area contributed by atoms with Crippen molar-refractivity contribution < 1.29 is 23.9 Å². The van der Waals surface area contributed by atoms with E-state index >= 15 is 0 Å². The minimum Gasteiger partial charge on any atom is -0.484 e. The van der Waals surface area contributed by atoms with Crippen LogP contribution >= 0.6 is 0 Å². The molecule has 0 atom stereocenters. The number of rotatable bonds is 10. The molecule has 1 aliphatic heterocycles. The first-order valence-electron chi connectivity index (χ1n) is 9.55. The van der Waals surface area contributed by atoms with Crippen molar-refractivity contribution in [2.75, 3.05) is 59.6 Å². The van der Waals surface area contributed by atoms with Crippen LogP contribution in [0.1, 0.15) is 23.7 Å². The topological polar surface area (TPSA) is 88.2 Å². The smallest absolute Gasteiger partial charge is 0.260 e. The molecule has 8 heteroatoms. The molecule has 0 spiro atoms. The standard InChI is InChI=1S/C20H29N3O5/c1-3-18(24)16-4-6-17(7-5-16)28-15-20(26)23-11-9-22(10-12-23)14-19(25)21-8-13-27-2/h4-7H,3,8-15H2,1-2H3,(H,21,25). The summed E-state index contributed by atoms with van der Waals surface area (Å²) in [6.45, 7) is 5.52. The molecule has 28 heavy (non-hydrogen) atoms. The maximum Gasteiger partial charge on any atom is 0.260 e. The Balaban J connectivity index is 1.69. The molecule has 0 saturated carbocycles. The lowest BCUT2D eigenvalue weighted by Gasteiger charge is -2.34. The van der Waals surface area contributed by atoms with Gasteiger partial charge >= 0.3 is 0 Å². The monoisotopic (exact) mass is 391 g/mol. The zero-order chi connectivity index (χ0) is 20.4. The number of carbonyl (C=O) groups is 3. The number of ether oxygens (including phenoxy) is 2. The number of Topliss-reactive ketones (excluding diaryl/α,β-unsaturated/α-hetero) is 1. The minimum absolute atomic E-state index is 0.0369. The van der Waals surface area contributed by atoms with Gasteiger partial charge in [-0.05, 0) is 24.3 Å². The molecule has 0 radical (unpaired) electrons. The van der Waals surface area contributed by atoms with Gasteiger partial charge in [0.1, 0.15) is 5.75 Å². The van der Waals surface area contributed by atoms with E-state index in [2.05, 4.69) is 5.32 Å². The van der Waals surface area contributed by atoms with Gasteiger partial charge < -0.3 is 19.7 Å². The summed E-state index contributed by atoms with van der Waals surface area (Å²) in [5, 5.41) is 2.79. The van der Waals surface area contributed by atoms with Crippen LogP contribution in [0.3, 0.4) is 0 Å². The molecule has 8 nitrogen and oxygen atoms in total. The number of nitrogens with zero attached hydrogens (tertiary/aromatic N) is 2. The summed E-state index contributed by atoms with van der Waals surface area (Å²) in [5.74, 6) is 0.517. The van der Waals surface area contributed by atoms with Gasteiger partial charge in [0.05, 0.1) is 13.2 Å². The van der Waals surface area contributed by atoms with Crippen LogP contribution in [0.4, 0.5) is 0 Å². The summed E-state index contributed by atoms with van der Waals surface area (Å²) in [4.78, 5) is 39.5. The Hall–Kier alpha value is -2.45. The van der Waals surface area contributed by atoms with Crippen molar-refractivity contribution in [1.82, 2.24) is 15.1 Å². The highest BCUT2D eigenvalue weighted by molar-refractivity contribution is 5.95. The predicted molar refractivity (Wildman–Crippen MR) is 104 cm³/mol. The number of amides is 2. The molecule has 0 unspecified atom stereocenters. The van der Waals surface area contributed by atoms with Crippen molar-refractivity contribution in [2.45, 2.75) is 13.3 Å². The van der Waals surface area contributed by atoms with E-state index in [9.17, 15) is 14.4 Å². The van der Waals surface area contributed by atoms with Gasteiger partial charge in [-0.3, -0.25) is 19.3 Å². The van der Waals surface area contributed by atoms with Crippen molar-refractivity contribution >= 4 is 17.6 Å². The minimum atomic E-state index is -0.0853. The highest BCUT2D eigenvalue weighted by Gasteiger charge is 2.22. The van der Waals surface area contributed by atoms with Crippen LogP contribution in [0.5, 0.6) is 5.75 Å². The lowest BCUT2D eigenvalue weighted by atomic mass is 10.1. The number of hydrogen-bond acceptors (Lipinski definition) is 6. The zero-order valence-corrected chi connectivity index (χ0v) is 16.6. The van der Waals surface area contributed by atoms with Crippen molar-refractivity contribution in [1.29, 1.82) is 0 Å². The normalized spacial score (nSPS) is 14.6. The number of carbonyl (C=O) groups excluding carboxylic acids is 3. The molecule has 0 bridgehead atoms. The second-order valence-corrected chi connectivity index (χ2v) is 6.59. The van der Waals surface area contributed by atoms with E-state index in [-0.39, 0.29) is 24.2 Å². The molecule has 1 N–H and O–H groups in total. The van der Waals surface area contributed by atoms with Crippen molar-refractivity contribution in [2.24, 2.45) is 0 Å². The van der Waals surface area contributed by atoms with Crippen LogP contribution in [0.2, 0.25) is 0 Å². The molecule has 1 aliphatic rings. The SMILES string of the molecule is CCC(=O)c1ccc(OCC(=O)N2CCN(CC(=O)NCCOC)CC2)cc1. The lowest BCUT2D eigenvalue weighted by Crippen LogP contribution is -2.52. The highest BCUT2D eigenvalue weighted by Crippen LogP contribution is 2.14. The van der Waals surface area contributed by atoms with E-state index in [1.165, 1.54) is 0 Å². The van der Waals surface area contributed by atoms with Gasteiger partial charge in [-0.1, -0.05) is 6.92 Å². The second-order valence-electron chi connectivity index (χ2n) is 6.59. The van der Waals surface area contributed by atoms with Crippen molar-refractivity contribution in [3.05, 3.63) is 29.8 Å². The first kappa shape index (κ1) is 21.8. The molecule has 0 aromatic heterocycles. The Kier molecular flexibility index (Phi) is 8.90. The Morgan fingerprint density at radius 3 is 2.36 bits per heavy atom. The molecular formula is C20H29N3O5. The third-order valence-corrected chi connectivity index (χ3v) is 4.58. The molecule has 2 amide bonds. The summed E-state index contributed by atoms with van der Waals surface area (Å²) in [7, 11) is 1.59. The second kappa shape index (κ2) is 11.4. The van der Waals surface area contributed by atoms with Gasteiger partial charge in [-0.25, -0.2) is 0 Å². The fraction of sp³-hybridized carbons (Fsp3) is 0.550. The van der Waals surface area contributed by atoms with E-state index in [4.69, 9.17) is 9.47 Å². The molecule has 1 fully saturated rings. The molecule has 1 saturated heterocycles. The van der Waals surface area contributed by atoms with Gasteiger partial charge in [0.15, 0.2) is 12.4 Å². The van der Waals surface area contributed by atoms with Crippen molar-refractivity contribution in [3.63, 3.8) is 0 Å². The van der Waals surface area contributed by atoms with Crippen LogP contribution in [-0.2, 0) is 14.3 Å². The van der Waals surface area contributed by atoms with Gasteiger partial charge in [0.2, 0.25) is 5.91 Å². The molecule has 0 aliphatic carbocycles. The average molecular weight is 391 g/mol. The summed E-state index contributed by atoms with van der Waals surface area (Å²) < 4.78 is 10.4. The maximum absolute atomic E-state index is 12.3. The summed E-state index contributed by atoms with van der Waals surface area (Å²) in [6, 6.07) is 6.83. The van der Waals surface area contributed by atoms with Crippen LogP contribution in [0, 0.1) is 0 Å². The Morgan fingerprint density at radius 1 is 1.07 bits per heavy atom. The molecule has 1 aromatic carbocycles. The van der Waals surface area contributed by atoms with E-state index in [1.807, 2.05) is 11.8 Å². The molecule has 1 heterocycles. The van der Waals surface area contributed by atoms with E-state index < -0.39 is 0 Å². The molecular weight excluding hydrogens is 362 g/mol. The first-order valence-corrected chi connectivity index (χ1v) is 9.55. The van der Waals surface area contributed by atoms with Crippen LogP contribution < -0.4 is 10.1 Å². The molecule has 1 aromatic rings. The van der Waals surface area contributed by atoms with E-state index in [1.54, 1.807) is 36.3 Å². The summed E-state index contributed by atoms with van der Waals surface area (Å²) in [5.41, 5.74) is 0.642. The summed E-state index contributed by atoms with van der Waals surface area (Å²) in [6.07, 6.45) is 0.458. The predicted octanol–water partition coefficient (Wildman–Crippen LogP) is 0.565. The highest BCUT2D eigenvalue weighted by atomic mass is 16.5. The Labute approximate surface area is 165 Å². The fourth-order valence-electron chi connectivity index (χ4n) is 2.88. The third-order valence-electron chi connectivity index (χ3n) is 4.58. The number of ketones is 1. The number of piperazine rings is 1. The Bertz CT molecular complexity index is 654. The van der Waals surface area contributed by atoms with E-state index in [0.717, 1.165) is 0 Å². The fourth-order valence-corrected chi connectivity index (χ4v) is 2.88. The number of hydrogen-bond donors (Lipinski definition) is 1. The van der Waals surface area contributed by atoms with Gasteiger partial charge in [0, 0.05) is 51.8 Å². The Morgan fingerprint density at radius 2 is 1.75 bits per heavy atom. The average Bonchev–Trinajstić information content (AvgIpc) is 2.72. The molecule has 154 valence electrons. The van der Waals surface area contributed by atoms with Crippen molar-refractivity contribution in [3.8, 4) is 5.75 Å². The van der Waals surface area contributed by atoms with Crippen LogP contribution in [0.25, 0.3) is 0 Å². The van der Waals surface area contributed by atoms with E-state index in [0.29, 0.717) is 63.6 Å². The first-order chi connectivity index (χ1) is 13.5. The van der Waals surface area contributed by atoms with Crippen LogP contribution in [-0.4, -0.2) is 87.0 Å². The van der Waals surface area contributed by atoms with Crippen LogP contribution in [0.15, 0.2) is 24.3 Å². The number of benzene rings is 1. The molecule has 2 rings (SSSR count). The van der Waals surface area contributed by atoms with Gasteiger partial charge in [-0.15, -0.1) is 0 Å². The largest absolute Gasteiger partial charge is 0.484 e. The lowest BCUT2D eigenvalue weighted by molar-refractivity contribution is -0.135. The number of methoxy groups -OCH3 is 1. The van der Waals surface area contributed by atoms with Gasteiger partial charge in [0.25, 0.3) is 5.91 Å². The third kappa shape index (κ3) is 6.94. The van der Waals surface area contributed by atoms with Gasteiger partial charge in [-0.2, -0.15) is 0 Å². The zero-order valence-electron chi connectivity index (χ0n) is 16.6.